The maximum absolute atomic E-state index is 12.8. The third-order valence-corrected chi connectivity index (χ3v) is 8.78. The smallest absolute Gasteiger partial charge is 0.337 e. The van der Waals surface area contributed by atoms with Crippen LogP contribution in [0.3, 0.4) is 0 Å². The van der Waals surface area contributed by atoms with Crippen LogP contribution in [0.1, 0.15) is 12.0 Å². The highest BCUT2D eigenvalue weighted by Crippen LogP contribution is 2.36. The fraction of sp³-hybridized carbons (Fsp3) is 0.543. The number of ether oxygens (including phenoxy) is 8. The van der Waals surface area contributed by atoms with Gasteiger partial charge >= 0.3 is 11.9 Å². The summed E-state index contributed by atoms with van der Waals surface area (Å²) in [5.41, 5.74) is 0.907. The molecule has 3 aliphatic heterocycles. The van der Waals surface area contributed by atoms with Gasteiger partial charge in [0.15, 0.2) is 17.8 Å². The van der Waals surface area contributed by atoms with E-state index in [4.69, 9.17) is 37.9 Å². The van der Waals surface area contributed by atoms with Crippen molar-refractivity contribution < 1.29 is 83.2 Å². The molecular weight excluding hydrogens is 692 g/mol. The van der Waals surface area contributed by atoms with Gasteiger partial charge in [-0.2, -0.15) is 0 Å². The summed E-state index contributed by atoms with van der Waals surface area (Å²) in [5, 5.41) is 71.8. The van der Waals surface area contributed by atoms with Gasteiger partial charge in [0, 0.05) is 5.92 Å². The molecule has 2 fully saturated rings. The van der Waals surface area contributed by atoms with Gasteiger partial charge in [-0.25, -0.2) is 4.79 Å². The van der Waals surface area contributed by atoms with Crippen molar-refractivity contribution >= 4 is 11.9 Å². The Morgan fingerprint density at radius 3 is 2.17 bits per heavy atom. The maximum Gasteiger partial charge on any atom is 0.337 e. The van der Waals surface area contributed by atoms with Gasteiger partial charge in [0.1, 0.15) is 55.4 Å². The van der Waals surface area contributed by atoms with Crippen LogP contribution in [0.5, 0.6) is 11.5 Å². The standard InChI is InChI=1S/C35H46O17/c1-5-8-17-11-12-21(22(13-17)45-3)49-34-30(42)29(41)27(39)24(51-34)16-47-25(37)10-7-9-19-18(6-2)33(48-15-20(19)32(44)46-4)52-35-31(43)28(40)26(38)23(14-36)50-35/h5-7,9,11-13,15,18-19,23-24,26-31,33-36,38-43H,1-2,8,10,14,16H2,3-4H3/b9-7-/t18-,19+,23-,24-,26-,27-,28+,29+,30-,31-,33+,34-,35+/m1/s1. The van der Waals surface area contributed by atoms with E-state index in [9.17, 15) is 45.3 Å². The minimum Gasteiger partial charge on any atom is -0.493 e. The van der Waals surface area contributed by atoms with Crippen molar-refractivity contribution in [1.29, 1.82) is 0 Å². The Morgan fingerprint density at radius 1 is 0.865 bits per heavy atom. The number of methoxy groups -OCH3 is 2. The molecule has 1 aromatic carbocycles. The molecule has 4 rings (SSSR count). The second kappa shape index (κ2) is 18.7. The van der Waals surface area contributed by atoms with E-state index in [-0.39, 0.29) is 17.7 Å². The highest BCUT2D eigenvalue weighted by Gasteiger charge is 2.48. The number of carbonyl (C=O) groups excluding carboxylic acids is 2. The van der Waals surface area contributed by atoms with Gasteiger partial charge in [0.25, 0.3) is 0 Å². The van der Waals surface area contributed by atoms with Gasteiger partial charge in [0.05, 0.1) is 45.0 Å². The summed E-state index contributed by atoms with van der Waals surface area (Å²) >= 11 is 0. The normalized spacial score (nSPS) is 34.8. The van der Waals surface area contributed by atoms with Crippen LogP contribution in [-0.2, 0) is 44.4 Å². The first-order valence-corrected chi connectivity index (χ1v) is 16.4. The van der Waals surface area contributed by atoms with Gasteiger partial charge in [-0.05, 0) is 24.1 Å². The van der Waals surface area contributed by atoms with Crippen LogP contribution in [0.2, 0.25) is 0 Å². The highest BCUT2D eigenvalue weighted by molar-refractivity contribution is 5.89. The number of hydrogen-bond acceptors (Lipinski definition) is 17. The number of esters is 2. The molecule has 0 aliphatic carbocycles. The lowest BCUT2D eigenvalue weighted by Crippen LogP contribution is -2.60. The summed E-state index contributed by atoms with van der Waals surface area (Å²) in [6.07, 6.45) is -9.60. The van der Waals surface area contributed by atoms with Crippen LogP contribution >= 0.6 is 0 Å². The Bertz CT molecular complexity index is 1440. The molecule has 3 heterocycles. The molecule has 0 bridgehead atoms. The van der Waals surface area contributed by atoms with Crippen molar-refractivity contribution in [3.63, 3.8) is 0 Å². The third-order valence-electron chi connectivity index (χ3n) is 8.78. The molecule has 0 spiro atoms. The quantitative estimate of drug-likeness (QED) is 0.0820. The summed E-state index contributed by atoms with van der Waals surface area (Å²) in [5.74, 6) is -2.75. The van der Waals surface area contributed by atoms with Crippen LogP contribution in [0.4, 0.5) is 0 Å². The Hall–Kier alpha value is -3.88. The van der Waals surface area contributed by atoms with E-state index in [1.165, 1.54) is 25.3 Å². The minimum absolute atomic E-state index is 0.0231. The van der Waals surface area contributed by atoms with Gasteiger partial charge in [-0.3, -0.25) is 4.79 Å². The van der Waals surface area contributed by atoms with Crippen LogP contribution in [0, 0.1) is 11.8 Å². The molecule has 3 aliphatic rings. The van der Waals surface area contributed by atoms with Crippen molar-refractivity contribution in [2.45, 2.75) is 80.5 Å². The van der Waals surface area contributed by atoms with Crippen LogP contribution in [0.15, 0.2) is 67.5 Å². The number of benzene rings is 1. The molecule has 13 atom stereocenters. The zero-order valence-electron chi connectivity index (χ0n) is 28.6. The average molecular weight is 739 g/mol. The maximum atomic E-state index is 12.8. The first-order chi connectivity index (χ1) is 24.9. The average Bonchev–Trinajstić information content (AvgIpc) is 3.14. The molecule has 7 N–H and O–H groups in total. The van der Waals surface area contributed by atoms with Gasteiger partial charge in [-0.1, -0.05) is 30.4 Å². The fourth-order valence-corrected chi connectivity index (χ4v) is 5.84. The SMILES string of the molecule is C=CCc1ccc(O[C@@H]2O[C@H](COC(=O)C/C=C\[C@@H]3C(C(=O)OC)=CO[C@@H](O[C@@H]4O[C@H](CO)[C@@H](O)[C@H](O)[C@H]4O)[C@@H]3C=C)[C@@H](O)[C@H](O)[C@H]2O)c(OC)c1. The van der Waals surface area contributed by atoms with E-state index in [0.29, 0.717) is 12.2 Å². The lowest BCUT2D eigenvalue weighted by atomic mass is 9.83. The molecule has 0 aromatic heterocycles. The molecule has 288 valence electrons. The van der Waals surface area contributed by atoms with E-state index < -0.39 is 105 Å². The molecule has 0 amide bonds. The zero-order valence-corrected chi connectivity index (χ0v) is 28.6. The largest absolute Gasteiger partial charge is 0.493 e. The molecule has 52 heavy (non-hydrogen) atoms. The second-order valence-electron chi connectivity index (χ2n) is 12.2. The van der Waals surface area contributed by atoms with E-state index in [1.807, 2.05) is 0 Å². The number of carbonyl (C=O) groups is 2. The van der Waals surface area contributed by atoms with Gasteiger partial charge in [-0.15, -0.1) is 13.2 Å². The summed E-state index contributed by atoms with van der Waals surface area (Å²) in [6, 6.07) is 5.05. The Morgan fingerprint density at radius 2 is 1.54 bits per heavy atom. The number of aliphatic hydroxyl groups is 7. The summed E-state index contributed by atoms with van der Waals surface area (Å²) in [4.78, 5) is 25.4. The first kappa shape index (κ1) is 40.9. The molecule has 0 saturated carbocycles. The molecule has 17 heteroatoms. The molecule has 17 nitrogen and oxygen atoms in total. The van der Waals surface area contributed by atoms with Crippen molar-refractivity contribution in [1.82, 2.24) is 0 Å². The molecule has 0 unspecified atom stereocenters. The third kappa shape index (κ3) is 9.37. The molecule has 0 radical (unpaired) electrons. The minimum atomic E-state index is -1.73. The van der Waals surface area contributed by atoms with Gasteiger partial charge in [0.2, 0.25) is 12.6 Å². The van der Waals surface area contributed by atoms with Crippen molar-refractivity contribution in [2.24, 2.45) is 11.8 Å². The van der Waals surface area contributed by atoms with Crippen LogP contribution in [0.25, 0.3) is 0 Å². The molecule has 2 saturated heterocycles. The molecule has 1 aromatic rings. The lowest BCUT2D eigenvalue weighted by molar-refractivity contribution is -0.338. The second-order valence-corrected chi connectivity index (χ2v) is 12.2. The summed E-state index contributed by atoms with van der Waals surface area (Å²) < 4.78 is 43.7. The molecular formula is C35H46O17. The van der Waals surface area contributed by atoms with Crippen LogP contribution in [-0.4, -0.2) is 143 Å². The van der Waals surface area contributed by atoms with Crippen molar-refractivity contribution in [3.05, 3.63) is 73.1 Å². The zero-order chi connectivity index (χ0) is 38.1. The van der Waals surface area contributed by atoms with E-state index in [2.05, 4.69) is 13.2 Å². The highest BCUT2D eigenvalue weighted by atomic mass is 16.8. The van der Waals surface area contributed by atoms with Gasteiger partial charge < -0.3 is 73.6 Å². The van der Waals surface area contributed by atoms with Crippen molar-refractivity contribution in [3.8, 4) is 11.5 Å². The van der Waals surface area contributed by atoms with E-state index >= 15 is 0 Å². The Labute approximate surface area is 299 Å². The van der Waals surface area contributed by atoms with Crippen LogP contribution < -0.4 is 9.47 Å². The predicted octanol–water partition coefficient (Wildman–Crippen LogP) is -1.25. The lowest BCUT2D eigenvalue weighted by Gasteiger charge is -2.42. The van der Waals surface area contributed by atoms with Crippen molar-refractivity contribution in [2.75, 3.05) is 27.4 Å². The summed E-state index contributed by atoms with van der Waals surface area (Å²) in [7, 11) is 2.58. The first-order valence-electron chi connectivity index (χ1n) is 16.4. The fourth-order valence-electron chi connectivity index (χ4n) is 5.84. The predicted molar refractivity (Wildman–Crippen MR) is 176 cm³/mol. The number of rotatable bonds is 15. The number of aliphatic hydroxyl groups excluding tert-OH is 7. The number of allylic oxidation sites excluding steroid dienone is 2. The Balaban J connectivity index is 1.40. The Kier molecular flexibility index (Phi) is 14.7. The monoisotopic (exact) mass is 738 g/mol. The van der Waals surface area contributed by atoms with E-state index in [0.717, 1.165) is 18.9 Å². The summed E-state index contributed by atoms with van der Waals surface area (Å²) in [6.45, 7) is 6.27. The van der Waals surface area contributed by atoms with E-state index in [1.54, 1.807) is 24.3 Å². The topological polar surface area (TPSA) is 250 Å². The number of hydrogen-bond donors (Lipinski definition) is 7.